The molecule has 3 rings (SSSR count). The lowest BCUT2D eigenvalue weighted by Crippen LogP contribution is -2.19. The molecule has 2 aromatic rings. The van der Waals surface area contributed by atoms with E-state index in [4.69, 9.17) is 16.3 Å². The van der Waals surface area contributed by atoms with Crippen molar-refractivity contribution in [3.8, 4) is 5.75 Å². The molecule has 1 heterocycles. The highest BCUT2D eigenvalue weighted by Crippen LogP contribution is 2.43. The maximum Gasteiger partial charge on any atom is 0.128 e. The standard InChI is InChI=1S/C15H11Br2ClO2/c16-8-2-4-12(18)11(5-8)15-7-13(19)10-3-1-9(17)6-14(10)20-15/h1-6,13,15,19H,7H2. The van der Waals surface area contributed by atoms with Gasteiger partial charge in [-0.15, -0.1) is 0 Å². The molecule has 5 heteroatoms. The van der Waals surface area contributed by atoms with Crippen LogP contribution in [0.5, 0.6) is 5.75 Å². The predicted octanol–water partition coefficient (Wildman–Crippen LogP) is 5.42. The van der Waals surface area contributed by atoms with Gasteiger partial charge in [0.2, 0.25) is 0 Å². The van der Waals surface area contributed by atoms with Crippen LogP contribution in [0.3, 0.4) is 0 Å². The lowest BCUT2D eigenvalue weighted by molar-refractivity contribution is 0.0657. The monoisotopic (exact) mass is 416 g/mol. The molecule has 2 nitrogen and oxygen atoms in total. The molecule has 2 atom stereocenters. The first-order valence-corrected chi connectivity index (χ1v) is 8.10. The van der Waals surface area contributed by atoms with Crippen LogP contribution >= 0.6 is 43.5 Å². The molecule has 0 bridgehead atoms. The van der Waals surface area contributed by atoms with E-state index < -0.39 is 6.10 Å². The van der Waals surface area contributed by atoms with Gasteiger partial charge in [-0.1, -0.05) is 49.5 Å². The first-order chi connectivity index (χ1) is 9.54. The molecule has 1 aliphatic rings. The fourth-order valence-electron chi connectivity index (χ4n) is 2.37. The molecule has 1 aliphatic heterocycles. The molecule has 0 radical (unpaired) electrons. The van der Waals surface area contributed by atoms with Gasteiger partial charge in [0.15, 0.2) is 0 Å². The number of hydrogen-bond acceptors (Lipinski definition) is 2. The van der Waals surface area contributed by atoms with Gasteiger partial charge in [0.25, 0.3) is 0 Å². The van der Waals surface area contributed by atoms with Crippen molar-refractivity contribution < 1.29 is 9.84 Å². The van der Waals surface area contributed by atoms with Crippen molar-refractivity contribution in [2.45, 2.75) is 18.6 Å². The highest BCUT2D eigenvalue weighted by Gasteiger charge is 2.29. The molecule has 0 aliphatic carbocycles. The van der Waals surface area contributed by atoms with Gasteiger partial charge in [0, 0.05) is 31.5 Å². The predicted molar refractivity (Wildman–Crippen MR) is 86.2 cm³/mol. The van der Waals surface area contributed by atoms with Gasteiger partial charge in [-0.25, -0.2) is 0 Å². The second-order valence-electron chi connectivity index (χ2n) is 4.71. The summed E-state index contributed by atoms with van der Waals surface area (Å²) in [5, 5.41) is 10.9. The summed E-state index contributed by atoms with van der Waals surface area (Å²) in [6, 6.07) is 11.3. The topological polar surface area (TPSA) is 29.5 Å². The van der Waals surface area contributed by atoms with Crippen molar-refractivity contribution in [3.05, 3.63) is 61.5 Å². The molecule has 1 N–H and O–H groups in total. The van der Waals surface area contributed by atoms with E-state index in [1.807, 2.05) is 36.4 Å². The maximum atomic E-state index is 10.3. The van der Waals surface area contributed by atoms with Gasteiger partial charge >= 0.3 is 0 Å². The van der Waals surface area contributed by atoms with Crippen LogP contribution in [0.4, 0.5) is 0 Å². The minimum atomic E-state index is -0.549. The summed E-state index contributed by atoms with van der Waals surface area (Å²) in [5.74, 6) is 0.694. The normalized spacial score (nSPS) is 21.2. The molecule has 2 aromatic carbocycles. The van der Waals surface area contributed by atoms with E-state index in [0.29, 0.717) is 17.2 Å². The molecule has 20 heavy (non-hydrogen) atoms. The Kier molecular flexibility index (Phi) is 4.09. The largest absolute Gasteiger partial charge is 0.485 e. The Morgan fingerprint density at radius 3 is 2.55 bits per heavy atom. The molecule has 2 unspecified atom stereocenters. The Morgan fingerprint density at radius 1 is 1.05 bits per heavy atom. The molecule has 0 spiro atoms. The van der Waals surface area contributed by atoms with E-state index in [2.05, 4.69) is 31.9 Å². The summed E-state index contributed by atoms with van der Waals surface area (Å²) in [6.07, 6.45) is -0.311. The number of halogens is 3. The fraction of sp³-hybridized carbons (Fsp3) is 0.200. The van der Waals surface area contributed by atoms with E-state index in [1.54, 1.807) is 0 Å². The zero-order valence-corrected chi connectivity index (χ0v) is 14.2. The van der Waals surface area contributed by atoms with Gasteiger partial charge < -0.3 is 9.84 Å². The van der Waals surface area contributed by atoms with Crippen molar-refractivity contribution in [2.75, 3.05) is 0 Å². The van der Waals surface area contributed by atoms with Crippen LogP contribution in [0.1, 0.15) is 29.8 Å². The summed E-state index contributed by atoms with van der Waals surface area (Å²) < 4.78 is 7.87. The van der Waals surface area contributed by atoms with Crippen LogP contribution in [0, 0.1) is 0 Å². The third-order valence-corrected chi connectivity index (χ3v) is 4.68. The van der Waals surface area contributed by atoms with Crippen molar-refractivity contribution >= 4 is 43.5 Å². The smallest absolute Gasteiger partial charge is 0.128 e. The summed E-state index contributed by atoms with van der Waals surface area (Å²) >= 11 is 13.1. The number of aliphatic hydroxyl groups excluding tert-OH is 1. The molecule has 0 amide bonds. The number of hydrogen-bond donors (Lipinski definition) is 1. The van der Waals surface area contributed by atoms with Crippen LogP contribution in [0.25, 0.3) is 0 Å². The first kappa shape index (κ1) is 14.4. The van der Waals surface area contributed by atoms with Crippen LogP contribution in [-0.2, 0) is 0 Å². The minimum absolute atomic E-state index is 0.253. The van der Waals surface area contributed by atoms with E-state index in [0.717, 1.165) is 20.1 Å². The summed E-state index contributed by atoms with van der Waals surface area (Å²) in [5.41, 5.74) is 1.70. The zero-order chi connectivity index (χ0) is 14.3. The van der Waals surface area contributed by atoms with Gasteiger partial charge in [-0.3, -0.25) is 0 Å². The Morgan fingerprint density at radius 2 is 1.75 bits per heavy atom. The van der Waals surface area contributed by atoms with Gasteiger partial charge in [-0.05, 0) is 30.3 Å². The maximum absolute atomic E-state index is 10.3. The molecule has 0 saturated carbocycles. The van der Waals surface area contributed by atoms with Crippen LogP contribution < -0.4 is 4.74 Å². The minimum Gasteiger partial charge on any atom is -0.485 e. The molecule has 0 aromatic heterocycles. The van der Waals surface area contributed by atoms with Gasteiger partial charge in [0.05, 0.1) is 6.10 Å². The number of ether oxygens (including phenoxy) is 1. The number of benzene rings is 2. The third kappa shape index (κ3) is 2.75. The first-order valence-electron chi connectivity index (χ1n) is 6.13. The third-order valence-electron chi connectivity index (χ3n) is 3.35. The van der Waals surface area contributed by atoms with E-state index in [9.17, 15) is 5.11 Å². The quantitative estimate of drug-likeness (QED) is 0.670. The SMILES string of the molecule is OC1CC(c2cc(Br)ccc2Cl)Oc2cc(Br)ccc21. The van der Waals surface area contributed by atoms with Crippen LogP contribution in [0.2, 0.25) is 5.02 Å². The average molecular weight is 419 g/mol. The highest BCUT2D eigenvalue weighted by atomic mass is 79.9. The van der Waals surface area contributed by atoms with Crippen LogP contribution in [0.15, 0.2) is 45.3 Å². The Bertz CT molecular complexity index is 660. The second-order valence-corrected chi connectivity index (χ2v) is 6.94. The van der Waals surface area contributed by atoms with Crippen molar-refractivity contribution in [1.82, 2.24) is 0 Å². The van der Waals surface area contributed by atoms with Gasteiger partial charge in [-0.2, -0.15) is 0 Å². The molecular weight excluding hydrogens is 407 g/mol. The lowest BCUT2D eigenvalue weighted by Gasteiger charge is -2.30. The fourth-order valence-corrected chi connectivity index (χ4v) is 3.33. The molecule has 0 saturated heterocycles. The van der Waals surface area contributed by atoms with Crippen LogP contribution in [-0.4, -0.2) is 5.11 Å². The number of aliphatic hydroxyl groups is 1. The van der Waals surface area contributed by atoms with Crippen molar-refractivity contribution in [1.29, 1.82) is 0 Å². The summed E-state index contributed by atoms with van der Waals surface area (Å²) in [6.45, 7) is 0. The molecule has 0 fully saturated rings. The Hall–Kier alpha value is -0.550. The molecular formula is C15H11Br2ClO2. The van der Waals surface area contributed by atoms with Crippen molar-refractivity contribution in [2.24, 2.45) is 0 Å². The average Bonchev–Trinajstić information content (AvgIpc) is 2.41. The Balaban J connectivity index is 2.00. The lowest BCUT2D eigenvalue weighted by atomic mass is 9.95. The second kappa shape index (κ2) is 5.68. The van der Waals surface area contributed by atoms with E-state index >= 15 is 0 Å². The number of rotatable bonds is 1. The Labute approximate surface area is 139 Å². The summed E-state index contributed by atoms with van der Waals surface area (Å²) in [7, 11) is 0. The zero-order valence-electron chi connectivity index (χ0n) is 10.3. The molecule has 104 valence electrons. The van der Waals surface area contributed by atoms with Crippen molar-refractivity contribution in [3.63, 3.8) is 0 Å². The number of fused-ring (bicyclic) bond motifs is 1. The summed E-state index contributed by atoms with van der Waals surface area (Å²) in [4.78, 5) is 0. The van der Waals surface area contributed by atoms with Gasteiger partial charge in [0.1, 0.15) is 11.9 Å². The van der Waals surface area contributed by atoms with E-state index in [1.165, 1.54) is 0 Å². The highest BCUT2D eigenvalue weighted by molar-refractivity contribution is 9.10. The van der Waals surface area contributed by atoms with E-state index in [-0.39, 0.29) is 6.10 Å².